The maximum Gasteiger partial charge on any atom is 0.135 e. The molecule has 2 N–H and O–H groups in total. The van der Waals surface area contributed by atoms with E-state index >= 15 is 0 Å². The Bertz CT molecular complexity index is 214. The van der Waals surface area contributed by atoms with E-state index in [2.05, 4.69) is 9.97 Å². The molecule has 0 radical (unpaired) electrons. The molecule has 1 rings (SSSR count). The van der Waals surface area contributed by atoms with Gasteiger partial charge in [0.1, 0.15) is 11.5 Å². The van der Waals surface area contributed by atoms with Crippen molar-refractivity contribution in [1.82, 2.24) is 9.97 Å². The standard InChI is InChI=1S/C6H8ClN3/c7-6-5(1-2-8)3-9-4-10-6/h3-4H,1-2,8H2. The van der Waals surface area contributed by atoms with Gasteiger partial charge in [0.15, 0.2) is 0 Å². The van der Waals surface area contributed by atoms with Gasteiger partial charge in [0.05, 0.1) is 0 Å². The van der Waals surface area contributed by atoms with Gasteiger partial charge in [-0.25, -0.2) is 9.97 Å². The van der Waals surface area contributed by atoms with E-state index in [1.165, 1.54) is 6.33 Å². The third-order valence-corrected chi connectivity index (χ3v) is 1.49. The lowest BCUT2D eigenvalue weighted by Crippen LogP contribution is -2.03. The van der Waals surface area contributed by atoms with Crippen LogP contribution in [0.1, 0.15) is 5.56 Å². The molecule has 0 bridgehead atoms. The van der Waals surface area contributed by atoms with E-state index in [1.807, 2.05) is 0 Å². The van der Waals surface area contributed by atoms with Gasteiger partial charge in [-0.3, -0.25) is 0 Å². The van der Waals surface area contributed by atoms with Crippen LogP contribution in [0.3, 0.4) is 0 Å². The smallest absolute Gasteiger partial charge is 0.135 e. The van der Waals surface area contributed by atoms with E-state index in [9.17, 15) is 0 Å². The molecule has 0 atom stereocenters. The molecule has 0 aliphatic carbocycles. The average Bonchev–Trinajstić information content (AvgIpc) is 1.94. The molecule has 0 saturated carbocycles. The number of halogens is 1. The molecule has 0 aromatic carbocycles. The average molecular weight is 158 g/mol. The molecule has 0 spiro atoms. The molecule has 4 heteroatoms. The Kier molecular flexibility index (Phi) is 2.59. The lowest BCUT2D eigenvalue weighted by Gasteiger charge is -1.97. The first-order chi connectivity index (χ1) is 4.84. The summed E-state index contributed by atoms with van der Waals surface area (Å²) in [6.07, 6.45) is 3.84. The zero-order chi connectivity index (χ0) is 7.40. The van der Waals surface area contributed by atoms with Crippen molar-refractivity contribution in [2.24, 2.45) is 5.73 Å². The van der Waals surface area contributed by atoms with Gasteiger partial charge in [0.25, 0.3) is 0 Å². The molecule has 0 amide bonds. The molecular formula is C6H8ClN3. The first kappa shape index (κ1) is 7.44. The molecule has 0 aliphatic rings. The van der Waals surface area contributed by atoms with E-state index in [4.69, 9.17) is 17.3 Å². The van der Waals surface area contributed by atoms with Crippen molar-refractivity contribution >= 4 is 11.6 Å². The fourth-order valence-electron chi connectivity index (χ4n) is 0.667. The van der Waals surface area contributed by atoms with Crippen LogP contribution in [0.15, 0.2) is 12.5 Å². The van der Waals surface area contributed by atoms with Crippen LogP contribution < -0.4 is 5.73 Å². The van der Waals surface area contributed by atoms with Crippen LogP contribution in [0, 0.1) is 0 Å². The van der Waals surface area contributed by atoms with Gasteiger partial charge >= 0.3 is 0 Å². The molecule has 0 fully saturated rings. The Morgan fingerprint density at radius 1 is 1.60 bits per heavy atom. The van der Waals surface area contributed by atoms with Crippen molar-refractivity contribution in [2.75, 3.05) is 6.54 Å². The highest BCUT2D eigenvalue weighted by Gasteiger charge is 1.97. The van der Waals surface area contributed by atoms with Crippen LogP contribution in [-0.4, -0.2) is 16.5 Å². The summed E-state index contributed by atoms with van der Waals surface area (Å²) >= 11 is 5.70. The summed E-state index contributed by atoms with van der Waals surface area (Å²) in [6, 6.07) is 0. The predicted molar refractivity (Wildman–Crippen MR) is 39.8 cm³/mol. The minimum absolute atomic E-state index is 0.500. The summed E-state index contributed by atoms with van der Waals surface area (Å²) in [5.41, 5.74) is 6.22. The summed E-state index contributed by atoms with van der Waals surface area (Å²) in [4.78, 5) is 7.61. The highest BCUT2D eigenvalue weighted by Crippen LogP contribution is 2.09. The minimum Gasteiger partial charge on any atom is -0.330 e. The molecule has 1 aromatic rings. The first-order valence-electron chi connectivity index (χ1n) is 2.99. The number of nitrogens with zero attached hydrogens (tertiary/aromatic N) is 2. The summed E-state index contributed by atoms with van der Waals surface area (Å²) in [5, 5.41) is 0.500. The fourth-order valence-corrected chi connectivity index (χ4v) is 0.854. The second-order valence-corrected chi connectivity index (χ2v) is 2.24. The Morgan fingerprint density at radius 3 is 3.00 bits per heavy atom. The predicted octanol–water partition coefficient (Wildman–Crippen LogP) is 0.631. The highest BCUT2D eigenvalue weighted by atomic mass is 35.5. The van der Waals surface area contributed by atoms with Gasteiger partial charge in [-0.1, -0.05) is 11.6 Å². The first-order valence-corrected chi connectivity index (χ1v) is 3.37. The van der Waals surface area contributed by atoms with Crippen LogP contribution in [0.2, 0.25) is 5.15 Å². The molecule has 1 aromatic heterocycles. The summed E-state index contributed by atoms with van der Waals surface area (Å²) in [5.74, 6) is 0. The number of rotatable bonds is 2. The van der Waals surface area contributed by atoms with Gasteiger partial charge in [-0.05, 0) is 13.0 Å². The van der Waals surface area contributed by atoms with Crippen molar-refractivity contribution in [3.05, 3.63) is 23.2 Å². The Hall–Kier alpha value is -0.670. The van der Waals surface area contributed by atoms with Crippen LogP contribution in [0.5, 0.6) is 0 Å². The lowest BCUT2D eigenvalue weighted by molar-refractivity contribution is 0.941. The van der Waals surface area contributed by atoms with Crippen molar-refractivity contribution in [2.45, 2.75) is 6.42 Å². The lowest BCUT2D eigenvalue weighted by atomic mass is 10.2. The molecule has 0 saturated heterocycles. The molecule has 54 valence electrons. The summed E-state index contributed by atoms with van der Waals surface area (Å²) in [6.45, 7) is 0.576. The van der Waals surface area contributed by atoms with E-state index < -0.39 is 0 Å². The second kappa shape index (κ2) is 3.49. The molecule has 1 heterocycles. The van der Waals surface area contributed by atoms with Crippen LogP contribution >= 0.6 is 11.6 Å². The Balaban J connectivity index is 2.81. The third kappa shape index (κ3) is 1.65. The maximum absolute atomic E-state index is 5.70. The normalized spacial score (nSPS) is 9.80. The largest absolute Gasteiger partial charge is 0.330 e. The van der Waals surface area contributed by atoms with Gasteiger partial charge < -0.3 is 5.73 Å². The third-order valence-electron chi connectivity index (χ3n) is 1.15. The van der Waals surface area contributed by atoms with Crippen LogP contribution in [-0.2, 0) is 6.42 Å². The second-order valence-electron chi connectivity index (χ2n) is 1.88. The SMILES string of the molecule is NCCc1cncnc1Cl. The van der Waals surface area contributed by atoms with Crippen molar-refractivity contribution in [1.29, 1.82) is 0 Å². The zero-order valence-electron chi connectivity index (χ0n) is 5.42. The minimum atomic E-state index is 0.500. The quantitative estimate of drug-likeness (QED) is 0.641. The number of nitrogens with two attached hydrogens (primary N) is 1. The van der Waals surface area contributed by atoms with Crippen LogP contribution in [0.25, 0.3) is 0 Å². The van der Waals surface area contributed by atoms with E-state index in [0.29, 0.717) is 11.7 Å². The van der Waals surface area contributed by atoms with E-state index in [1.54, 1.807) is 6.20 Å². The maximum atomic E-state index is 5.70. The highest BCUT2D eigenvalue weighted by molar-refractivity contribution is 6.30. The number of aromatic nitrogens is 2. The van der Waals surface area contributed by atoms with Crippen molar-refractivity contribution < 1.29 is 0 Å². The van der Waals surface area contributed by atoms with Gasteiger partial charge in [-0.2, -0.15) is 0 Å². The summed E-state index contributed by atoms with van der Waals surface area (Å²) in [7, 11) is 0. The van der Waals surface area contributed by atoms with Crippen molar-refractivity contribution in [3.8, 4) is 0 Å². The van der Waals surface area contributed by atoms with E-state index in [0.717, 1.165) is 12.0 Å². The molecular weight excluding hydrogens is 150 g/mol. The Morgan fingerprint density at radius 2 is 2.40 bits per heavy atom. The summed E-state index contributed by atoms with van der Waals surface area (Å²) < 4.78 is 0. The molecule has 0 unspecified atom stereocenters. The Labute approximate surface area is 64.2 Å². The number of hydrogen-bond acceptors (Lipinski definition) is 3. The monoisotopic (exact) mass is 157 g/mol. The molecule has 0 aliphatic heterocycles. The molecule has 3 nitrogen and oxygen atoms in total. The fraction of sp³-hybridized carbons (Fsp3) is 0.333. The topological polar surface area (TPSA) is 51.8 Å². The zero-order valence-corrected chi connectivity index (χ0v) is 6.17. The van der Waals surface area contributed by atoms with Crippen LogP contribution in [0.4, 0.5) is 0 Å². The van der Waals surface area contributed by atoms with Crippen molar-refractivity contribution in [3.63, 3.8) is 0 Å². The van der Waals surface area contributed by atoms with Gasteiger partial charge in [0.2, 0.25) is 0 Å². The van der Waals surface area contributed by atoms with Gasteiger partial charge in [0, 0.05) is 11.8 Å². The molecule has 10 heavy (non-hydrogen) atoms. The number of hydrogen-bond donors (Lipinski definition) is 1. The van der Waals surface area contributed by atoms with E-state index in [-0.39, 0.29) is 0 Å². The van der Waals surface area contributed by atoms with Gasteiger partial charge in [-0.15, -0.1) is 0 Å².